The van der Waals surface area contributed by atoms with Crippen molar-refractivity contribution in [3.63, 3.8) is 0 Å². The minimum absolute atomic E-state index is 0.650. The highest BCUT2D eigenvalue weighted by atomic mass is 32.1. The topological polar surface area (TPSA) is 28.2 Å². The average Bonchev–Trinajstić information content (AvgIpc) is 2.76. The standard InChI is InChI=1S/C12H19N3S/c1-15(9-11-14-6-7-16-11)10-8-12(10)2-4-13-5-3-12/h6-7,10,13H,2-5,8-9H2,1H3/t10-/m1/s1. The van der Waals surface area contributed by atoms with E-state index in [-0.39, 0.29) is 0 Å². The Bertz CT molecular complexity index is 343. The van der Waals surface area contributed by atoms with Crippen molar-refractivity contribution >= 4 is 11.3 Å². The summed E-state index contributed by atoms with van der Waals surface area (Å²) < 4.78 is 0. The van der Waals surface area contributed by atoms with Gasteiger partial charge in [0, 0.05) is 17.6 Å². The van der Waals surface area contributed by atoms with Crippen molar-refractivity contribution in [3.8, 4) is 0 Å². The van der Waals surface area contributed by atoms with Gasteiger partial charge in [0.1, 0.15) is 5.01 Å². The number of aromatic nitrogens is 1. The molecule has 0 aromatic carbocycles. The summed E-state index contributed by atoms with van der Waals surface area (Å²) in [7, 11) is 2.25. The third-order valence-corrected chi connectivity index (χ3v) is 4.91. The molecule has 16 heavy (non-hydrogen) atoms. The summed E-state index contributed by atoms with van der Waals surface area (Å²) in [6.45, 7) is 3.45. The molecule has 1 aliphatic carbocycles. The molecule has 1 spiro atoms. The van der Waals surface area contributed by atoms with E-state index in [1.165, 1.54) is 37.4 Å². The molecule has 2 heterocycles. The summed E-state index contributed by atoms with van der Waals surface area (Å²) in [4.78, 5) is 6.87. The molecule has 1 saturated heterocycles. The zero-order chi connectivity index (χ0) is 11.0. The molecule has 0 radical (unpaired) electrons. The third-order valence-electron chi connectivity index (χ3n) is 4.15. The number of rotatable bonds is 3. The fourth-order valence-corrected chi connectivity index (χ4v) is 3.74. The second kappa shape index (κ2) is 4.09. The third kappa shape index (κ3) is 1.90. The van der Waals surface area contributed by atoms with Crippen LogP contribution < -0.4 is 5.32 Å². The molecule has 3 rings (SSSR count). The summed E-state index contributed by atoms with van der Waals surface area (Å²) in [5.74, 6) is 0. The van der Waals surface area contributed by atoms with Crippen LogP contribution in [0.3, 0.4) is 0 Å². The number of piperidine rings is 1. The Morgan fingerprint density at radius 2 is 2.38 bits per heavy atom. The van der Waals surface area contributed by atoms with E-state index in [2.05, 4.69) is 27.6 Å². The summed E-state index contributed by atoms with van der Waals surface area (Å²) in [5.41, 5.74) is 0.650. The fourth-order valence-electron chi connectivity index (χ4n) is 3.07. The highest BCUT2D eigenvalue weighted by Gasteiger charge is 2.55. The van der Waals surface area contributed by atoms with Crippen LogP contribution in [0.5, 0.6) is 0 Å². The second-order valence-corrected chi connectivity index (χ2v) is 6.15. The van der Waals surface area contributed by atoms with E-state index in [0.29, 0.717) is 5.41 Å². The van der Waals surface area contributed by atoms with Crippen molar-refractivity contribution in [2.24, 2.45) is 5.41 Å². The maximum atomic E-state index is 4.36. The van der Waals surface area contributed by atoms with Gasteiger partial charge in [0.25, 0.3) is 0 Å². The van der Waals surface area contributed by atoms with Crippen LogP contribution in [0.25, 0.3) is 0 Å². The Morgan fingerprint density at radius 1 is 1.56 bits per heavy atom. The van der Waals surface area contributed by atoms with Crippen molar-refractivity contribution in [1.82, 2.24) is 15.2 Å². The van der Waals surface area contributed by atoms with Gasteiger partial charge in [0.15, 0.2) is 0 Å². The van der Waals surface area contributed by atoms with E-state index < -0.39 is 0 Å². The molecule has 1 aromatic heterocycles. The van der Waals surface area contributed by atoms with Gasteiger partial charge in [-0.2, -0.15) is 0 Å². The molecule has 2 aliphatic rings. The van der Waals surface area contributed by atoms with Crippen LogP contribution in [0.2, 0.25) is 0 Å². The lowest BCUT2D eigenvalue weighted by Gasteiger charge is -2.26. The molecule has 1 atom stereocenters. The molecular formula is C12H19N3S. The number of nitrogens with one attached hydrogen (secondary N) is 1. The summed E-state index contributed by atoms with van der Waals surface area (Å²) in [6, 6.07) is 0.804. The van der Waals surface area contributed by atoms with Crippen molar-refractivity contribution in [3.05, 3.63) is 16.6 Å². The van der Waals surface area contributed by atoms with Crippen molar-refractivity contribution in [2.45, 2.75) is 31.8 Å². The molecule has 4 heteroatoms. The summed E-state index contributed by atoms with van der Waals surface area (Å²) >= 11 is 1.77. The summed E-state index contributed by atoms with van der Waals surface area (Å²) in [6.07, 6.45) is 6.03. The molecule has 1 saturated carbocycles. The fraction of sp³-hybridized carbons (Fsp3) is 0.750. The highest BCUT2D eigenvalue weighted by molar-refractivity contribution is 7.09. The second-order valence-electron chi connectivity index (χ2n) is 5.17. The summed E-state index contributed by atoms with van der Waals surface area (Å²) in [5, 5.41) is 6.77. The van der Waals surface area contributed by atoms with Gasteiger partial charge in [-0.1, -0.05) is 0 Å². The van der Waals surface area contributed by atoms with Crippen LogP contribution in [-0.4, -0.2) is 36.1 Å². The van der Waals surface area contributed by atoms with E-state index in [0.717, 1.165) is 12.6 Å². The molecule has 0 bridgehead atoms. The van der Waals surface area contributed by atoms with Crippen molar-refractivity contribution in [2.75, 3.05) is 20.1 Å². The molecule has 1 N–H and O–H groups in total. The van der Waals surface area contributed by atoms with Gasteiger partial charge >= 0.3 is 0 Å². The Morgan fingerprint density at radius 3 is 3.06 bits per heavy atom. The minimum atomic E-state index is 0.650. The molecule has 1 aromatic rings. The van der Waals surface area contributed by atoms with E-state index in [9.17, 15) is 0 Å². The lowest BCUT2D eigenvalue weighted by molar-refractivity contribution is 0.231. The maximum absolute atomic E-state index is 4.36. The van der Waals surface area contributed by atoms with Gasteiger partial charge in [-0.25, -0.2) is 4.98 Å². The molecule has 0 amide bonds. The zero-order valence-corrected chi connectivity index (χ0v) is 10.6. The molecular weight excluding hydrogens is 218 g/mol. The van der Waals surface area contributed by atoms with Crippen LogP contribution in [0.4, 0.5) is 0 Å². The molecule has 1 aliphatic heterocycles. The Labute approximate surface area is 101 Å². The normalized spacial score (nSPS) is 27.5. The quantitative estimate of drug-likeness (QED) is 0.867. The first-order chi connectivity index (χ1) is 7.80. The Balaban J connectivity index is 1.59. The van der Waals surface area contributed by atoms with E-state index in [4.69, 9.17) is 0 Å². The maximum Gasteiger partial charge on any atom is 0.107 e. The van der Waals surface area contributed by atoms with E-state index in [1.54, 1.807) is 11.3 Å². The lowest BCUT2D eigenvalue weighted by Crippen LogP contribution is -2.34. The Hall–Kier alpha value is -0.450. The first kappa shape index (κ1) is 10.7. The van der Waals surface area contributed by atoms with Gasteiger partial charge < -0.3 is 5.32 Å². The molecule has 3 nitrogen and oxygen atoms in total. The molecule has 2 fully saturated rings. The van der Waals surface area contributed by atoms with E-state index in [1.807, 2.05) is 6.20 Å². The highest BCUT2D eigenvalue weighted by Crippen LogP contribution is 2.55. The molecule has 0 unspecified atom stereocenters. The first-order valence-electron chi connectivity index (χ1n) is 6.09. The van der Waals surface area contributed by atoms with Gasteiger partial charge in [0.05, 0.1) is 6.54 Å². The van der Waals surface area contributed by atoms with Crippen molar-refractivity contribution < 1.29 is 0 Å². The van der Waals surface area contributed by atoms with Gasteiger partial charge in [0.2, 0.25) is 0 Å². The number of hydrogen-bond donors (Lipinski definition) is 1. The largest absolute Gasteiger partial charge is 0.317 e. The smallest absolute Gasteiger partial charge is 0.107 e. The minimum Gasteiger partial charge on any atom is -0.317 e. The number of nitrogens with zero attached hydrogens (tertiary/aromatic N) is 2. The SMILES string of the molecule is CN(Cc1nccs1)[C@@H]1CC12CCNCC2. The predicted molar refractivity (Wildman–Crippen MR) is 66.5 cm³/mol. The zero-order valence-electron chi connectivity index (χ0n) is 9.78. The average molecular weight is 237 g/mol. The van der Waals surface area contributed by atoms with Gasteiger partial charge in [-0.3, -0.25) is 4.90 Å². The van der Waals surface area contributed by atoms with Crippen LogP contribution in [0.15, 0.2) is 11.6 Å². The van der Waals surface area contributed by atoms with Crippen LogP contribution in [0, 0.1) is 5.41 Å². The van der Waals surface area contributed by atoms with E-state index >= 15 is 0 Å². The van der Waals surface area contributed by atoms with Gasteiger partial charge in [-0.15, -0.1) is 11.3 Å². The number of thiazole rings is 1. The predicted octanol–water partition coefficient (Wildman–Crippen LogP) is 1.72. The van der Waals surface area contributed by atoms with Crippen LogP contribution in [0.1, 0.15) is 24.3 Å². The monoisotopic (exact) mass is 237 g/mol. The van der Waals surface area contributed by atoms with Crippen molar-refractivity contribution in [1.29, 1.82) is 0 Å². The lowest BCUT2D eigenvalue weighted by atomic mass is 9.93. The Kier molecular flexibility index (Phi) is 2.73. The van der Waals surface area contributed by atoms with Crippen LogP contribution in [-0.2, 0) is 6.54 Å². The molecule has 88 valence electrons. The van der Waals surface area contributed by atoms with Crippen LogP contribution >= 0.6 is 11.3 Å². The van der Waals surface area contributed by atoms with Gasteiger partial charge in [-0.05, 0) is 44.8 Å². The number of hydrogen-bond acceptors (Lipinski definition) is 4. The first-order valence-corrected chi connectivity index (χ1v) is 6.97.